The Labute approximate surface area is 47.7 Å². The van der Waals surface area contributed by atoms with Crippen LogP contribution < -0.4 is 47.8 Å². The van der Waals surface area contributed by atoms with E-state index < -0.39 is 22.0 Å². The first-order valence-electron chi connectivity index (χ1n) is 0.309. The van der Waals surface area contributed by atoms with E-state index in [9.17, 15) is 0 Å². The molecule has 0 aliphatic heterocycles. The summed E-state index contributed by atoms with van der Waals surface area (Å²) in [5.41, 5.74) is 0. The molecule has 0 aliphatic carbocycles. The van der Waals surface area contributed by atoms with E-state index in [-0.39, 0.29) is 18.9 Å². The molecule has 0 N–H and O–H groups in total. The number of hydrogen-bond donors (Lipinski definition) is 0. The minimum Gasteiger partial charge on any atom is -0.599 e. The first-order chi connectivity index (χ1) is 1.41. The van der Waals surface area contributed by atoms with Crippen molar-refractivity contribution >= 4 is 0 Å². The van der Waals surface area contributed by atoms with E-state index in [4.69, 9.17) is 6.87 Å². The monoisotopic (exact) mass is 166 g/mol. The van der Waals surface area contributed by atoms with Crippen LogP contribution in [0.3, 0.4) is 0 Å². The normalized spacial score (nSPS) is 4.50. The van der Waals surface area contributed by atoms with Gasteiger partial charge in [0.1, 0.15) is 0 Å². The maximum absolute atomic E-state index is 8.48. The molecule has 0 bridgehead atoms. The van der Waals surface area contributed by atoms with Gasteiger partial charge in [-0.05, 0) is 0 Å². The molecule has 0 heterocycles. The summed E-state index contributed by atoms with van der Waals surface area (Å²) in [6.45, 7) is 0. The molecule has 0 atom stereocenters. The second kappa shape index (κ2) is 8.87. The number of rotatable bonds is 0. The molecule has 0 aromatic heterocycles. The summed E-state index contributed by atoms with van der Waals surface area (Å²) in [7, 11) is 0. The smallest absolute Gasteiger partial charge is 0.599 e. The first-order valence-corrected chi connectivity index (χ1v) is 2.07. The Morgan fingerprint density at radius 3 is 1.25 bits per heavy atom. The van der Waals surface area contributed by atoms with Crippen molar-refractivity contribution in [2.75, 3.05) is 0 Å². The molecular weight excluding hydrogens is 166 g/mol. The van der Waals surface area contributed by atoms with Crippen LogP contribution in [0, 0.1) is 0 Å². The van der Waals surface area contributed by atoms with E-state index in [1.807, 2.05) is 0 Å². The Hall–Kier alpha value is 1.25. The van der Waals surface area contributed by atoms with Gasteiger partial charge in [-0.25, -0.2) is 0 Å². The quantitative estimate of drug-likeness (QED) is 0.265. The van der Waals surface area contributed by atoms with Gasteiger partial charge in [-0.1, -0.05) is 0 Å². The molecule has 0 unspecified atom stereocenters. The molecule has 0 aromatic carbocycles. The van der Waals surface area contributed by atoms with Crippen LogP contribution in [-0.4, -0.2) is 0 Å². The molecule has 0 saturated heterocycles. The van der Waals surface area contributed by atoms with Crippen molar-refractivity contribution in [2.45, 2.75) is 0 Å². The van der Waals surface area contributed by atoms with Crippen LogP contribution >= 0.6 is 0 Å². The summed E-state index contributed by atoms with van der Waals surface area (Å²) in [6.07, 6.45) is 0. The standard InChI is InChI=1S/IO2.Li/c2-1-3;/q-1;+1. The zero-order valence-electron chi connectivity index (χ0n) is 2.19. The summed E-state index contributed by atoms with van der Waals surface area (Å²) >= 11 is -1.91. The summed E-state index contributed by atoms with van der Waals surface area (Å²) in [6, 6.07) is 0. The molecule has 4 heteroatoms. The molecule has 0 saturated carbocycles. The van der Waals surface area contributed by atoms with Gasteiger partial charge < -0.3 is 6.87 Å². The molecule has 20 valence electrons. The molecule has 0 amide bonds. The van der Waals surface area contributed by atoms with Gasteiger partial charge in [0.25, 0.3) is 0 Å². The maximum atomic E-state index is 8.48. The molecular formula is ILiO2. The van der Waals surface area contributed by atoms with E-state index >= 15 is 0 Å². The van der Waals surface area contributed by atoms with Gasteiger partial charge in [0.15, 0.2) is 22.0 Å². The first kappa shape index (κ1) is 8.98. The summed E-state index contributed by atoms with van der Waals surface area (Å²) in [4.78, 5) is 0. The van der Waals surface area contributed by atoms with Gasteiger partial charge in [0.2, 0.25) is 0 Å². The Morgan fingerprint density at radius 2 is 1.25 bits per heavy atom. The zero-order valence-corrected chi connectivity index (χ0v) is 4.35. The van der Waals surface area contributed by atoms with E-state index in [0.29, 0.717) is 0 Å². The fourth-order valence-electron chi connectivity index (χ4n) is 0. The molecule has 0 spiro atoms. The van der Waals surface area contributed by atoms with Crippen molar-refractivity contribution in [1.29, 1.82) is 0 Å². The van der Waals surface area contributed by atoms with Crippen molar-refractivity contribution < 1.29 is 47.8 Å². The average Bonchev–Trinajstić information content (AvgIpc) is 0.918. The third-order valence-electron chi connectivity index (χ3n) is 0. The van der Waals surface area contributed by atoms with Gasteiger partial charge in [-0.3, -0.25) is 0 Å². The van der Waals surface area contributed by atoms with Crippen LogP contribution in [0.4, 0.5) is 0 Å². The van der Waals surface area contributed by atoms with Crippen molar-refractivity contribution in [2.24, 2.45) is 0 Å². The summed E-state index contributed by atoms with van der Waals surface area (Å²) in [5.74, 6) is 0. The van der Waals surface area contributed by atoms with Crippen LogP contribution in [0.2, 0.25) is 0 Å². The molecule has 0 aliphatic rings. The van der Waals surface area contributed by atoms with Crippen molar-refractivity contribution in [3.05, 3.63) is 0 Å². The topological polar surface area (TPSA) is 46.1 Å². The van der Waals surface area contributed by atoms with Gasteiger partial charge in [0.05, 0.1) is 0 Å². The summed E-state index contributed by atoms with van der Waals surface area (Å²) in [5, 5.41) is 0. The average molecular weight is 166 g/mol. The SMILES string of the molecule is [Li+].[O-][I+][O-]. The Balaban J connectivity index is 0. The van der Waals surface area contributed by atoms with E-state index in [1.54, 1.807) is 0 Å². The van der Waals surface area contributed by atoms with Crippen molar-refractivity contribution in [1.82, 2.24) is 0 Å². The van der Waals surface area contributed by atoms with Crippen LogP contribution in [0.1, 0.15) is 0 Å². The molecule has 0 fully saturated rings. The second-order valence-electron chi connectivity index (χ2n) is 0.0630. The summed E-state index contributed by atoms with van der Waals surface area (Å²) < 4.78 is 17.0. The van der Waals surface area contributed by atoms with Crippen molar-refractivity contribution in [3.8, 4) is 0 Å². The van der Waals surface area contributed by atoms with Crippen LogP contribution in [-0.2, 0) is 0 Å². The fourth-order valence-corrected chi connectivity index (χ4v) is 0. The Morgan fingerprint density at radius 1 is 1.25 bits per heavy atom. The fraction of sp³-hybridized carbons (Fsp3) is 0. The van der Waals surface area contributed by atoms with Crippen LogP contribution in [0.25, 0.3) is 0 Å². The van der Waals surface area contributed by atoms with E-state index in [2.05, 4.69) is 0 Å². The minimum atomic E-state index is -1.91. The molecule has 0 rings (SSSR count). The predicted molar refractivity (Wildman–Crippen MR) is 0 cm³/mol. The van der Waals surface area contributed by atoms with Crippen LogP contribution in [0.5, 0.6) is 0 Å². The second-order valence-corrected chi connectivity index (χ2v) is 0.423. The molecule has 4 heavy (non-hydrogen) atoms. The third-order valence-corrected chi connectivity index (χ3v) is 0. The minimum absolute atomic E-state index is 0. The van der Waals surface area contributed by atoms with E-state index in [0.717, 1.165) is 0 Å². The molecule has 2 nitrogen and oxygen atoms in total. The van der Waals surface area contributed by atoms with Gasteiger partial charge >= 0.3 is 18.9 Å². The largest absolute Gasteiger partial charge is 1.00 e. The Bertz CT molecular complexity index is 6.00. The zero-order chi connectivity index (χ0) is 2.71. The van der Waals surface area contributed by atoms with Gasteiger partial charge in [0, 0.05) is 0 Å². The van der Waals surface area contributed by atoms with Crippen molar-refractivity contribution in [3.63, 3.8) is 0 Å². The Kier molecular flexibility index (Phi) is 19.9. The van der Waals surface area contributed by atoms with Gasteiger partial charge in [-0.2, -0.15) is 0 Å². The van der Waals surface area contributed by atoms with E-state index in [1.165, 1.54) is 0 Å². The van der Waals surface area contributed by atoms with Gasteiger partial charge in [-0.15, -0.1) is 0 Å². The third kappa shape index (κ3) is 10.5. The van der Waals surface area contributed by atoms with Crippen LogP contribution in [0.15, 0.2) is 0 Å². The predicted octanol–water partition coefficient (Wildman–Crippen LogP) is -8.37. The number of hydrogen-bond acceptors (Lipinski definition) is 2. The molecule has 0 radical (unpaired) electrons. The molecule has 0 aromatic rings. The number of halogens is 1. The maximum Gasteiger partial charge on any atom is 1.00 e.